The standard InChI is InChI=1S/C12H18N2O2S.ClH/c1-9-4-3-5-11(6-9)17(15,16)14-7-10(2)12(13)8-14;/h3-6,10,12H,7-8,13H2,1-2H3;1H. The zero-order valence-electron chi connectivity index (χ0n) is 10.5. The minimum atomic E-state index is -3.37. The third-order valence-electron chi connectivity index (χ3n) is 3.26. The zero-order valence-corrected chi connectivity index (χ0v) is 12.2. The van der Waals surface area contributed by atoms with E-state index in [1.165, 1.54) is 4.31 Å². The van der Waals surface area contributed by atoms with E-state index in [4.69, 9.17) is 5.73 Å². The second-order valence-corrected chi connectivity index (χ2v) is 6.72. The van der Waals surface area contributed by atoms with Crippen LogP contribution in [0.1, 0.15) is 12.5 Å². The minimum absolute atomic E-state index is 0. The molecule has 18 heavy (non-hydrogen) atoms. The fourth-order valence-electron chi connectivity index (χ4n) is 2.07. The molecule has 0 aromatic heterocycles. The molecular formula is C12H19ClN2O2S. The first-order valence-electron chi connectivity index (χ1n) is 5.73. The number of nitrogens with two attached hydrogens (primary N) is 1. The van der Waals surface area contributed by atoms with Crippen LogP contribution in [0.25, 0.3) is 0 Å². The molecule has 102 valence electrons. The molecule has 0 saturated carbocycles. The summed E-state index contributed by atoms with van der Waals surface area (Å²) in [6, 6.07) is 6.93. The van der Waals surface area contributed by atoms with Crippen molar-refractivity contribution >= 4 is 22.4 Å². The van der Waals surface area contributed by atoms with Crippen LogP contribution in [0.5, 0.6) is 0 Å². The molecule has 2 N–H and O–H groups in total. The first kappa shape index (κ1) is 15.4. The molecule has 1 saturated heterocycles. The van der Waals surface area contributed by atoms with Gasteiger partial charge in [0, 0.05) is 19.1 Å². The molecule has 2 atom stereocenters. The molecule has 2 rings (SSSR count). The maximum absolute atomic E-state index is 12.3. The van der Waals surface area contributed by atoms with Crippen LogP contribution >= 0.6 is 12.4 Å². The molecule has 1 aromatic rings. The zero-order chi connectivity index (χ0) is 12.6. The van der Waals surface area contributed by atoms with Crippen LogP contribution < -0.4 is 5.73 Å². The number of rotatable bonds is 2. The average Bonchev–Trinajstić information content (AvgIpc) is 2.60. The normalized spacial score (nSPS) is 24.8. The molecule has 4 nitrogen and oxygen atoms in total. The van der Waals surface area contributed by atoms with Gasteiger partial charge < -0.3 is 5.73 Å². The van der Waals surface area contributed by atoms with Gasteiger partial charge in [-0.25, -0.2) is 8.42 Å². The van der Waals surface area contributed by atoms with Crippen molar-refractivity contribution in [2.24, 2.45) is 11.7 Å². The summed E-state index contributed by atoms with van der Waals surface area (Å²) in [6.07, 6.45) is 0. The largest absolute Gasteiger partial charge is 0.326 e. The van der Waals surface area contributed by atoms with Crippen LogP contribution in [-0.2, 0) is 10.0 Å². The summed E-state index contributed by atoms with van der Waals surface area (Å²) in [4.78, 5) is 0.360. The lowest BCUT2D eigenvalue weighted by Crippen LogP contribution is -2.32. The lowest BCUT2D eigenvalue weighted by Gasteiger charge is -2.16. The fourth-order valence-corrected chi connectivity index (χ4v) is 3.75. The Hall–Kier alpha value is -0.620. The van der Waals surface area contributed by atoms with Crippen molar-refractivity contribution in [3.63, 3.8) is 0 Å². The number of nitrogens with zero attached hydrogens (tertiary/aromatic N) is 1. The topological polar surface area (TPSA) is 63.4 Å². The van der Waals surface area contributed by atoms with Crippen molar-refractivity contribution in [2.75, 3.05) is 13.1 Å². The number of sulfonamides is 1. The lowest BCUT2D eigenvalue weighted by molar-refractivity contribution is 0.464. The third-order valence-corrected chi connectivity index (χ3v) is 5.09. The molecule has 2 unspecified atom stereocenters. The molecule has 6 heteroatoms. The first-order chi connectivity index (χ1) is 7.91. The van der Waals surface area contributed by atoms with Crippen LogP contribution in [-0.4, -0.2) is 31.9 Å². The van der Waals surface area contributed by atoms with Gasteiger partial charge in [-0.1, -0.05) is 19.1 Å². The summed E-state index contributed by atoms with van der Waals surface area (Å²) in [6.45, 7) is 4.79. The Morgan fingerprint density at radius 3 is 2.50 bits per heavy atom. The predicted molar refractivity (Wildman–Crippen MR) is 74.3 cm³/mol. The summed E-state index contributed by atoms with van der Waals surface area (Å²) in [5.41, 5.74) is 6.81. The summed E-state index contributed by atoms with van der Waals surface area (Å²) in [5.74, 6) is 0.217. The van der Waals surface area contributed by atoms with E-state index in [1.807, 2.05) is 19.9 Å². The molecule has 0 radical (unpaired) electrons. The summed E-state index contributed by atoms with van der Waals surface area (Å²) < 4.78 is 26.2. The van der Waals surface area contributed by atoms with Crippen LogP contribution in [0, 0.1) is 12.8 Å². The molecule has 1 aliphatic heterocycles. The van der Waals surface area contributed by atoms with Crippen LogP contribution in [0.4, 0.5) is 0 Å². The Kier molecular flexibility index (Phi) is 4.78. The Labute approximate surface area is 115 Å². The molecular weight excluding hydrogens is 272 g/mol. The van der Waals surface area contributed by atoms with E-state index in [-0.39, 0.29) is 24.4 Å². The van der Waals surface area contributed by atoms with Crippen molar-refractivity contribution in [1.29, 1.82) is 0 Å². The van der Waals surface area contributed by atoms with Gasteiger partial charge in [0.05, 0.1) is 4.90 Å². The number of aryl methyl sites for hydroxylation is 1. The Morgan fingerprint density at radius 1 is 1.33 bits per heavy atom. The number of hydrogen-bond donors (Lipinski definition) is 1. The Balaban J connectivity index is 0.00000162. The van der Waals surface area contributed by atoms with Crippen molar-refractivity contribution < 1.29 is 8.42 Å². The van der Waals surface area contributed by atoms with Crippen molar-refractivity contribution in [3.05, 3.63) is 29.8 Å². The molecule has 1 heterocycles. The summed E-state index contributed by atoms with van der Waals surface area (Å²) in [7, 11) is -3.37. The van der Waals surface area contributed by atoms with Crippen molar-refractivity contribution in [3.8, 4) is 0 Å². The highest BCUT2D eigenvalue weighted by molar-refractivity contribution is 7.89. The van der Waals surface area contributed by atoms with Gasteiger partial charge in [0.25, 0.3) is 0 Å². The molecule has 0 spiro atoms. The average molecular weight is 291 g/mol. The van der Waals surface area contributed by atoms with Gasteiger partial charge in [0.2, 0.25) is 10.0 Å². The molecule has 1 aliphatic rings. The highest BCUT2D eigenvalue weighted by Gasteiger charge is 2.35. The number of halogens is 1. The quantitative estimate of drug-likeness (QED) is 0.895. The summed E-state index contributed by atoms with van der Waals surface area (Å²) in [5, 5.41) is 0. The smallest absolute Gasteiger partial charge is 0.243 e. The molecule has 1 fully saturated rings. The van der Waals surface area contributed by atoms with E-state index in [2.05, 4.69) is 0 Å². The van der Waals surface area contributed by atoms with E-state index in [1.54, 1.807) is 18.2 Å². The van der Waals surface area contributed by atoms with Gasteiger partial charge in [-0.05, 0) is 30.5 Å². The second kappa shape index (κ2) is 5.57. The second-order valence-electron chi connectivity index (χ2n) is 4.78. The van der Waals surface area contributed by atoms with Gasteiger partial charge in [0.1, 0.15) is 0 Å². The van der Waals surface area contributed by atoms with Crippen molar-refractivity contribution in [2.45, 2.75) is 24.8 Å². The van der Waals surface area contributed by atoms with Crippen LogP contribution in [0.2, 0.25) is 0 Å². The van der Waals surface area contributed by atoms with E-state index in [9.17, 15) is 8.42 Å². The third kappa shape index (κ3) is 2.85. The van der Waals surface area contributed by atoms with Crippen LogP contribution in [0.15, 0.2) is 29.2 Å². The van der Waals surface area contributed by atoms with Gasteiger partial charge in [-0.3, -0.25) is 0 Å². The Bertz CT molecular complexity index is 509. The number of hydrogen-bond acceptors (Lipinski definition) is 3. The van der Waals surface area contributed by atoms with E-state index in [0.717, 1.165) is 5.56 Å². The van der Waals surface area contributed by atoms with E-state index in [0.29, 0.717) is 18.0 Å². The highest BCUT2D eigenvalue weighted by Crippen LogP contribution is 2.23. The first-order valence-corrected chi connectivity index (χ1v) is 7.17. The molecule has 0 bridgehead atoms. The minimum Gasteiger partial charge on any atom is -0.326 e. The fraction of sp³-hybridized carbons (Fsp3) is 0.500. The van der Waals surface area contributed by atoms with Gasteiger partial charge >= 0.3 is 0 Å². The number of benzene rings is 1. The monoisotopic (exact) mass is 290 g/mol. The highest BCUT2D eigenvalue weighted by atomic mass is 35.5. The Morgan fingerprint density at radius 2 is 2.00 bits per heavy atom. The SMILES string of the molecule is Cc1cccc(S(=O)(=O)N2CC(C)C(N)C2)c1.Cl. The van der Waals surface area contributed by atoms with Crippen molar-refractivity contribution in [1.82, 2.24) is 4.31 Å². The molecule has 0 aliphatic carbocycles. The van der Waals surface area contributed by atoms with E-state index >= 15 is 0 Å². The maximum atomic E-state index is 12.3. The van der Waals surface area contributed by atoms with E-state index < -0.39 is 10.0 Å². The van der Waals surface area contributed by atoms with Gasteiger partial charge in [0.15, 0.2) is 0 Å². The molecule has 0 amide bonds. The lowest BCUT2D eigenvalue weighted by atomic mass is 10.1. The van der Waals surface area contributed by atoms with Gasteiger partial charge in [-0.15, -0.1) is 12.4 Å². The summed E-state index contributed by atoms with van der Waals surface area (Å²) >= 11 is 0. The maximum Gasteiger partial charge on any atom is 0.243 e. The predicted octanol–water partition coefficient (Wildman–Crippen LogP) is 1.38. The van der Waals surface area contributed by atoms with Crippen LogP contribution in [0.3, 0.4) is 0 Å². The molecule has 1 aromatic carbocycles. The van der Waals surface area contributed by atoms with Gasteiger partial charge in [-0.2, -0.15) is 4.31 Å².